The molecule has 0 amide bonds. The van der Waals surface area contributed by atoms with Gasteiger partial charge in [0.25, 0.3) is 5.69 Å². The number of para-hydroxylation sites is 1. The number of nitro benzene ring substituents is 1. The summed E-state index contributed by atoms with van der Waals surface area (Å²) in [6, 6.07) is 3.03. The number of hydrogen-bond donors (Lipinski definition) is 1. The second-order valence-corrected chi connectivity index (χ2v) is 9.91. The van der Waals surface area contributed by atoms with Crippen molar-refractivity contribution in [2.75, 3.05) is 0 Å². The molecule has 0 spiro atoms. The Balaban J connectivity index is 0.00000841. The van der Waals surface area contributed by atoms with Crippen LogP contribution in [0.25, 0.3) is 0 Å². The molecule has 10 nitrogen and oxygen atoms in total. The number of benzene rings is 1. The molecule has 0 radical (unpaired) electrons. The van der Waals surface area contributed by atoms with Gasteiger partial charge in [-0.25, -0.2) is 8.42 Å². The van der Waals surface area contributed by atoms with Gasteiger partial charge in [-0.05, 0) is 47.6 Å². The number of carbonyl (C=O) groups excluding carboxylic acids is 2. The van der Waals surface area contributed by atoms with E-state index in [0.717, 1.165) is 12.1 Å². The summed E-state index contributed by atoms with van der Waals surface area (Å²) >= 11 is 0. The van der Waals surface area contributed by atoms with Gasteiger partial charge in [0, 0.05) is 43.8 Å². The molecule has 1 rings (SSSR count). The van der Waals surface area contributed by atoms with Crippen LogP contribution in [0.15, 0.2) is 29.2 Å². The number of carbonyl (C=O) groups is 2. The van der Waals surface area contributed by atoms with E-state index < -0.39 is 61.1 Å². The van der Waals surface area contributed by atoms with E-state index in [9.17, 15) is 28.1 Å². The molecule has 1 aromatic carbocycles. The van der Waals surface area contributed by atoms with Crippen LogP contribution in [0.4, 0.5) is 5.69 Å². The Kier molecular flexibility index (Phi) is 10.4. The first-order chi connectivity index (χ1) is 13.0. The van der Waals surface area contributed by atoms with Crippen molar-refractivity contribution in [1.29, 1.82) is 0 Å². The van der Waals surface area contributed by atoms with E-state index in [1.165, 1.54) is 12.1 Å². The fourth-order valence-corrected chi connectivity index (χ4v) is 3.54. The molecule has 0 saturated carbocycles. The summed E-state index contributed by atoms with van der Waals surface area (Å²) in [6.07, 6.45) is -0.647. The van der Waals surface area contributed by atoms with E-state index in [-0.39, 0.29) is 37.7 Å². The smallest absolute Gasteiger partial charge is 0.325 e. The van der Waals surface area contributed by atoms with Crippen molar-refractivity contribution in [3.8, 4) is 0 Å². The molecule has 0 heterocycles. The van der Waals surface area contributed by atoms with Gasteiger partial charge in [-0.2, -0.15) is 4.72 Å². The quantitative estimate of drug-likeness (QED) is 0.363. The van der Waals surface area contributed by atoms with E-state index in [4.69, 9.17) is 9.47 Å². The monoisotopic (exact) mass is 470 g/mol. The molecule has 0 bridgehead atoms. The zero-order valence-corrected chi connectivity index (χ0v) is 19.1. The molecular weight excluding hydrogens is 444 g/mol. The summed E-state index contributed by atoms with van der Waals surface area (Å²) in [5, 5.41) is 11.2. The van der Waals surface area contributed by atoms with E-state index in [0.29, 0.717) is 0 Å². The summed E-state index contributed by atoms with van der Waals surface area (Å²) in [7, 11) is -4.53. The first kappa shape index (κ1) is 28.7. The van der Waals surface area contributed by atoms with E-state index >= 15 is 0 Å². The molecule has 0 unspecified atom stereocenters. The Labute approximate surface area is 205 Å². The molecule has 0 aliphatic heterocycles. The third-order valence-electron chi connectivity index (χ3n) is 3.13. The second-order valence-electron chi connectivity index (χ2n) is 8.22. The molecule has 1 aromatic rings. The van der Waals surface area contributed by atoms with Crippen LogP contribution in [0, 0.1) is 47.9 Å². The molecule has 1 atom stereocenters. The zero-order chi connectivity index (χ0) is 22.6. The molecular formula is C18H26ArN2O8S. The van der Waals surface area contributed by atoms with Crippen molar-refractivity contribution in [1.82, 2.24) is 4.72 Å². The van der Waals surface area contributed by atoms with Crippen LogP contribution in [0.3, 0.4) is 0 Å². The number of ether oxygens (including phenoxy) is 2. The Bertz CT molecular complexity index is 888. The van der Waals surface area contributed by atoms with Crippen LogP contribution in [0.5, 0.6) is 0 Å². The molecule has 0 aliphatic rings. The minimum absolute atomic E-state index is 0. The van der Waals surface area contributed by atoms with E-state index in [1.54, 1.807) is 41.5 Å². The van der Waals surface area contributed by atoms with Crippen molar-refractivity contribution >= 4 is 27.6 Å². The minimum atomic E-state index is -4.53. The average Bonchev–Trinajstić information content (AvgIpc) is 2.50. The van der Waals surface area contributed by atoms with Gasteiger partial charge < -0.3 is 9.47 Å². The minimum Gasteiger partial charge on any atom is -0.460 e. The van der Waals surface area contributed by atoms with E-state index in [2.05, 4.69) is 0 Å². The Morgan fingerprint density at radius 3 is 2.03 bits per heavy atom. The van der Waals surface area contributed by atoms with Crippen LogP contribution in [-0.2, 0) is 29.1 Å². The summed E-state index contributed by atoms with van der Waals surface area (Å²) in [6.45, 7) is 9.57. The predicted molar refractivity (Wildman–Crippen MR) is 104 cm³/mol. The van der Waals surface area contributed by atoms with Crippen molar-refractivity contribution in [2.45, 2.75) is 70.1 Å². The first-order valence-corrected chi connectivity index (χ1v) is 10.2. The van der Waals surface area contributed by atoms with Gasteiger partial charge in [0.1, 0.15) is 17.2 Å². The molecule has 0 fully saturated rings. The maximum atomic E-state index is 12.7. The topological polar surface area (TPSA) is 142 Å². The van der Waals surface area contributed by atoms with Gasteiger partial charge in [-0.1, -0.05) is 12.1 Å². The molecule has 30 heavy (non-hydrogen) atoms. The van der Waals surface area contributed by atoms with Crippen molar-refractivity contribution in [2.24, 2.45) is 0 Å². The van der Waals surface area contributed by atoms with Gasteiger partial charge >= 0.3 is 11.9 Å². The number of nitrogens with zero attached hydrogens (tertiary/aromatic N) is 1. The van der Waals surface area contributed by atoms with Gasteiger partial charge in [0.2, 0.25) is 10.0 Å². The normalized spacial score (nSPS) is 13.0. The number of rotatable bonds is 7. The fraction of sp³-hybridized carbons (Fsp3) is 0.556. The Morgan fingerprint density at radius 2 is 1.57 bits per heavy atom. The SMILES string of the molecule is CC(C)(C)OC(=O)C[C@@H](NS(=O)(=O)c1ccccc1[N+](=O)[O-])C(=O)OC(C)(C)C.[Ar]. The maximum Gasteiger partial charge on any atom is 0.325 e. The second kappa shape index (κ2) is 10.9. The van der Waals surface area contributed by atoms with Crippen LogP contribution in [0.2, 0.25) is 0 Å². The van der Waals surface area contributed by atoms with Crippen LogP contribution in [0.1, 0.15) is 48.0 Å². The molecule has 1 N–H and O–H groups in total. The number of nitrogens with one attached hydrogen (secondary N) is 1. The average molecular weight is 470 g/mol. The molecule has 170 valence electrons. The Hall–Kier alpha value is -1.27. The molecule has 0 saturated heterocycles. The largest absolute Gasteiger partial charge is 0.460 e. The number of esters is 2. The number of nitro groups is 1. The third kappa shape index (κ3) is 9.69. The maximum absolute atomic E-state index is 12.7. The molecule has 0 aliphatic carbocycles. The van der Waals surface area contributed by atoms with Gasteiger partial charge in [-0.15, -0.1) is 0 Å². The van der Waals surface area contributed by atoms with Crippen molar-refractivity contribution < 1.29 is 70.1 Å². The summed E-state index contributed by atoms with van der Waals surface area (Å²) in [5.41, 5.74) is -2.47. The standard InChI is InChI=1S/C18H26N2O8S.Ar/c1-17(2,3)27-15(21)11-12(16(22)28-18(4,5)6)19-29(25,26)14-10-8-7-9-13(14)20(23)24;/h7-10,12,19H,11H2,1-6H3;/t12-;/m1./s1. The van der Waals surface area contributed by atoms with Gasteiger partial charge in [0.05, 0.1) is 11.3 Å². The number of sulfonamides is 1. The summed E-state index contributed by atoms with van der Waals surface area (Å²) in [4.78, 5) is 34.3. The summed E-state index contributed by atoms with van der Waals surface area (Å²) in [5.74, 6) is -1.84. The van der Waals surface area contributed by atoms with Crippen LogP contribution in [-0.4, -0.2) is 42.5 Å². The predicted octanol–water partition coefficient (Wildman–Crippen LogP) is 2.32. The Morgan fingerprint density at radius 1 is 1.07 bits per heavy atom. The summed E-state index contributed by atoms with van der Waals surface area (Å²) < 4.78 is 37.8. The number of hydrogen-bond acceptors (Lipinski definition) is 8. The first-order valence-electron chi connectivity index (χ1n) is 8.72. The molecule has 0 aromatic heterocycles. The van der Waals surface area contributed by atoms with Gasteiger partial charge in [0.15, 0.2) is 4.90 Å². The van der Waals surface area contributed by atoms with Gasteiger partial charge in [-0.3, -0.25) is 19.7 Å². The zero-order valence-electron chi connectivity index (χ0n) is 17.6. The fourth-order valence-electron chi connectivity index (χ4n) is 2.18. The van der Waals surface area contributed by atoms with E-state index in [1.807, 2.05) is 4.72 Å². The van der Waals surface area contributed by atoms with Crippen LogP contribution >= 0.6 is 0 Å². The van der Waals surface area contributed by atoms with Crippen molar-refractivity contribution in [3.63, 3.8) is 0 Å². The van der Waals surface area contributed by atoms with Crippen LogP contribution < -0.4 is 4.72 Å². The third-order valence-corrected chi connectivity index (χ3v) is 4.65. The molecule has 12 heteroatoms. The van der Waals surface area contributed by atoms with Crippen molar-refractivity contribution in [3.05, 3.63) is 34.4 Å².